The third kappa shape index (κ3) is 4.45. The number of amides is 1. The lowest BCUT2D eigenvalue weighted by Gasteiger charge is -2.22. The molecule has 1 aromatic rings. The van der Waals surface area contributed by atoms with Crippen molar-refractivity contribution in [2.24, 2.45) is 0 Å². The zero-order valence-electron chi connectivity index (χ0n) is 9.12. The van der Waals surface area contributed by atoms with Crippen molar-refractivity contribution < 1.29 is 9.90 Å². The molecule has 1 aromatic heterocycles. The van der Waals surface area contributed by atoms with Gasteiger partial charge in [0.05, 0.1) is 14.3 Å². The van der Waals surface area contributed by atoms with Gasteiger partial charge < -0.3 is 10.4 Å². The van der Waals surface area contributed by atoms with Crippen molar-refractivity contribution in [1.82, 2.24) is 5.32 Å². The lowest BCUT2D eigenvalue weighted by atomic mass is 10.1. The molecule has 1 amide bonds. The number of rotatable bonds is 5. The molecule has 6 heteroatoms. The highest BCUT2D eigenvalue weighted by molar-refractivity contribution is 9.11. The maximum atomic E-state index is 11.7. The molecule has 90 valence electrons. The molecule has 0 saturated heterocycles. The number of thioether (sulfide) groups is 1. The minimum absolute atomic E-state index is 0.142. The standard InChI is InChI=1S/C10H14BrNO2S2/c1-10(14,6-15-2)5-12-9(13)7-3-4-8(11)16-7/h3-4,14H,5-6H2,1-2H3,(H,12,13)/t10-/m0/s1. The van der Waals surface area contributed by atoms with E-state index in [0.29, 0.717) is 10.6 Å². The third-order valence-electron chi connectivity index (χ3n) is 1.88. The van der Waals surface area contributed by atoms with E-state index in [2.05, 4.69) is 21.2 Å². The van der Waals surface area contributed by atoms with Crippen LogP contribution in [-0.2, 0) is 0 Å². The molecular formula is C10H14BrNO2S2. The van der Waals surface area contributed by atoms with Crippen molar-refractivity contribution in [1.29, 1.82) is 0 Å². The smallest absolute Gasteiger partial charge is 0.261 e. The van der Waals surface area contributed by atoms with Gasteiger partial charge in [0.1, 0.15) is 0 Å². The Labute approximate surface area is 112 Å². The van der Waals surface area contributed by atoms with Gasteiger partial charge in [0.15, 0.2) is 0 Å². The van der Waals surface area contributed by atoms with Gasteiger partial charge in [-0.1, -0.05) is 0 Å². The monoisotopic (exact) mass is 323 g/mol. The van der Waals surface area contributed by atoms with Crippen LogP contribution in [0.15, 0.2) is 15.9 Å². The van der Waals surface area contributed by atoms with E-state index in [0.717, 1.165) is 3.79 Å². The summed E-state index contributed by atoms with van der Waals surface area (Å²) in [5, 5.41) is 12.6. The Kier molecular flexibility index (Phi) is 5.30. The number of halogens is 1. The summed E-state index contributed by atoms with van der Waals surface area (Å²) < 4.78 is 0.925. The van der Waals surface area contributed by atoms with E-state index in [4.69, 9.17) is 0 Å². The summed E-state index contributed by atoms with van der Waals surface area (Å²) in [5.74, 6) is 0.457. The van der Waals surface area contributed by atoms with Crippen molar-refractivity contribution in [3.8, 4) is 0 Å². The minimum atomic E-state index is -0.858. The molecule has 0 aliphatic carbocycles. The average Bonchev–Trinajstić information content (AvgIpc) is 2.61. The highest BCUT2D eigenvalue weighted by atomic mass is 79.9. The minimum Gasteiger partial charge on any atom is -0.387 e. The molecule has 0 radical (unpaired) electrons. The number of hydrogen-bond donors (Lipinski definition) is 2. The van der Waals surface area contributed by atoms with Crippen LogP contribution in [0.1, 0.15) is 16.6 Å². The van der Waals surface area contributed by atoms with Gasteiger partial charge in [-0.2, -0.15) is 11.8 Å². The maximum absolute atomic E-state index is 11.7. The van der Waals surface area contributed by atoms with Crippen LogP contribution in [-0.4, -0.2) is 35.2 Å². The fourth-order valence-corrected chi connectivity index (χ4v) is 3.18. The molecule has 0 spiro atoms. The molecule has 0 bridgehead atoms. The van der Waals surface area contributed by atoms with E-state index in [9.17, 15) is 9.90 Å². The summed E-state index contributed by atoms with van der Waals surface area (Å²) in [6.07, 6.45) is 1.92. The van der Waals surface area contributed by atoms with Crippen molar-refractivity contribution in [3.63, 3.8) is 0 Å². The molecule has 1 rings (SSSR count). The van der Waals surface area contributed by atoms with Crippen molar-refractivity contribution >= 4 is 44.9 Å². The molecule has 0 aliphatic heterocycles. The Balaban J connectivity index is 2.47. The van der Waals surface area contributed by atoms with Gasteiger partial charge in [-0.3, -0.25) is 4.79 Å². The Morgan fingerprint density at radius 1 is 1.69 bits per heavy atom. The molecule has 3 nitrogen and oxygen atoms in total. The number of carbonyl (C=O) groups is 1. The third-order valence-corrected chi connectivity index (χ3v) is 4.42. The first-order valence-electron chi connectivity index (χ1n) is 4.69. The van der Waals surface area contributed by atoms with Crippen LogP contribution in [0.4, 0.5) is 0 Å². The highest BCUT2D eigenvalue weighted by Gasteiger charge is 2.21. The van der Waals surface area contributed by atoms with Crippen LogP contribution in [0, 0.1) is 0 Å². The fourth-order valence-electron chi connectivity index (χ4n) is 1.16. The summed E-state index contributed by atoms with van der Waals surface area (Å²) in [7, 11) is 0. The predicted molar refractivity (Wildman–Crippen MR) is 73.4 cm³/mol. The van der Waals surface area contributed by atoms with E-state index < -0.39 is 5.60 Å². The quantitative estimate of drug-likeness (QED) is 0.874. The first-order chi connectivity index (χ1) is 7.44. The fraction of sp³-hybridized carbons (Fsp3) is 0.500. The summed E-state index contributed by atoms with van der Waals surface area (Å²) in [4.78, 5) is 12.3. The molecule has 0 fully saturated rings. The maximum Gasteiger partial charge on any atom is 0.261 e. The molecule has 0 aromatic carbocycles. The molecule has 0 saturated carbocycles. The molecule has 1 heterocycles. The molecule has 2 N–H and O–H groups in total. The van der Waals surface area contributed by atoms with E-state index in [1.807, 2.05) is 12.3 Å². The van der Waals surface area contributed by atoms with E-state index in [1.165, 1.54) is 11.3 Å². The molecule has 16 heavy (non-hydrogen) atoms. The van der Waals surface area contributed by atoms with E-state index >= 15 is 0 Å². The van der Waals surface area contributed by atoms with Gasteiger partial charge in [-0.25, -0.2) is 0 Å². The topological polar surface area (TPSA) is 49.3 Å². The second-order valence-corrected chi connectivity index (χ2v) is 7.05. The second kappa shape index (κ2) is 6.05. The largest absolute Gasteiger partial charge is 0.387 e. The van der Waals surface area contributed by atoms with Gasteiger partial charge in [0.2, 0.25) is 0 Å². The Hall–Kier alpha value is -0.0400. The normalized spacial score (nSPS) is 14.5. The average molecular weight is 324 g/mol. The van der Waals surface area contributed by atoms with Crippen LogP contribution in [0.2, 0.25) is 0 Å². The van der Waals surface area contributed by atoms with Crippen LogP contribution in [0.25, 0.3) is 0 Å². The SMILES string of the molecule is CSC[C@@](C)(O)CNC(=O)c1ccc(Br)s1. The summed E-state index contributed by atoms with van der Waals surface area (Å²) in [6.45, 7) is 1.98. The van der Waals surface area contributed by atoms with Crippen molar-refractivity contribution in [2.45, 2.75) is 12.5 Å². The molecule has 0 unspecified atom stereocenters. The molecule has 1 atom stereocenters. The Morgan fingerprint density at radius 2 is 2.38 bits per heavy atom. The van der Waals surface area contributed by atoms with Gasteiger partial charge >= 0.3 is 0 Å². The first kappa shape index (κ1) is 14.0. The number of thiophene rings is 1. The number of hydrogen-bond acceptors (Lipinski definition) is 4. The van der Waals surface area contributed by atoms with Gasteiger partial charge in [0.25, 0.3) is 5.91 Å². The van der Waals surface area contributed by atoms with Crippen LogP contribution in [0.3, 0.4) is 0 Å². The van der Waals surface area contributed by atoms with Gasteiger partial charge in [0, 0.05) is 12.3 Å². The first-order valence-corrected chi connectivity index (χ1v) is 7.70. The predicted octanol–water partition coefficient (Wildman–Crippen LogP) is 2.35. The highest BCUT2D eigenvalue weighted by Crippen LogP contribution is 2.22. The van der Waals surface area contributed by atoms with Crippen molar-refractivity contribution in [2.75, 3.05) is 18.6 Å². The molecule has 0 aliphatic rings. The zero-order valence-corrected chi connectivity index (χ0v) is 12.3. The van der Waals surface area contributed by atoms with E-state index in [1.54, 1.807) is 24.8 Å². The summed E-state index contributed by atoms with van der Waals surface area (Å²) in [5.41, 5.74) is -0.858. The summed E-state index contributed by atoms with van der Waals surface area (Å²) >= 11 is 6.23. The van der Waals surface area contributed by atoms with Gasteiger partial charge in [-0.15, -0.1) is 11.3 Å². The second-order valence-electron chi connectivity index (χ2n) is 3.72. The summed E-state index contributed by atoms with van der Waals surface area (Å²) in [6, 6.07) is 3.59. The van der Waals surface area contributed by atoms with E-state index in [-0.39, 0.29) is 12.5 Å². The lowest BCUT2D eigenvalue weighted by molar-refractivity contribution is 0.0727. The van der Waals surface area contributed by atoms with Crippen LogP contribution in [0.5, 0.6) is 0 Å². The van der Waals surface area contributed by atoms with Crippen molar-refractivity contribution in [3.05, 3.63) is 20.8 Å². The van der Waals surface area contributed by atoms with Crippen LogP contribution < -0.4 is 5.32 Å². The number of nitrogens with one attached hydrogen (secondary N) is 1. The number of aliphatic hydroxyl groups is 1. The number of carbonyl (C=O) groups excluding carboxylic acids is 1. The lowest BCUT2D eigenvalue weighted by Crippen LogP contribution is -2.42. The molecular weight excluding hydrogens is 310 g/mol. The van der Waals surface area contributed by atoms with Crippen LogP contribution >= 0.6 is 39.0 Å². The Bertz CT molecular complexity index is 365. The van der Waals surface area contributed by atoms with Gasteiger partial charge in [-0.05, 0) is 41.2 Å². The Morgan fingerprint density at radius 3 is 2.88 bits per heavy atom. The zero-order chi connectivity index (χ0) is 12.2.